The first kappa shape index (κ1) is 21.0. The number of carbonyl (C=O) groups excluding carboxylic acids is 3. The second-order valence-corrected chi connectivity index (χ2v) is 6.44. The van der Waals surface area contributed by atoms with Gasteiger partial charge in [-0.3, -0.25) is 19.4 Å². The van der Waals surface area contributed by atoms with E-state index in [1.54, 1.807) is 48.5 Å². The number of ketones is 1. The van der Waals surface area contributed by atoms with Gasteiger partial charge in [0, 0.05) is 48.4 Å². The number of anilines is 1. The number of likely N-dealkylation sites (N-methyl/N-ethyl adjacent to an activating group) is 1. The third-order valence-electron chi connectivity index (χ3n) is 4.36. The Balaban J connectivity index is 1.96. The highest BCUT2D eigenvalue weighted by Gasteiger charge is 2.13. The Labute approximate surface area is 165 Å². The zero-order valence-corrected chi connectivity index (χ0v) is 16.4. The van der Waals surface area contributed by atoms with Crippen LogP contribution < -0.4 is 5.32 Å². The van der Waals surface area contributed by atoms with E-state index in [0.29, 0.717) is 29.9 Å². The number of Topliss-reactive ketones (excluding diaryl/α,β-unsaturated/α-hetero) is 1. The van der Waals surface area contributed by atoms with E-state index in [9.17, 15) is 14.4 Å². The Morgan fingerprint density at radius 2 is 1.68 bits per heavy atom. The molecule has 0 aliphatic carbocycles. The molecule has 0 fully saturated rings. The number of hydrogen-bond donors (Lipinski definition) is 1. The summed E-state index contributed by atoms with van der Waals surface area (Å²) in [5.74, 6) is -0.587. The summed E-state index contributed by atoms with van der Waals surface area (Å²) in [4.78, 5) is 41.8. The molecule has 28 heavy (non-hydrogen) atoms. The monoisotopic (exact) mass is 379 g/mol. The Bertz CT molecular complexity index is 858. The van der Waals surface area contributed by atoms with Gasteiger partial charge in [-0.1, -0.05) is 0 Å². The van der Waals surface area contributed by atoms with Gasteiger partial charge in [-0.15, -0.1) is 0 Å². The molecule has 1 aromatic heterocycles. The van der Waals surface area contributed by atoms with Crippen molar-refractivity contribution in [3.63, 3.8) is 0 Å². The van der Waals surface area contributed by atoms with Crippen molar-refractivity contribution in [3.05, 3.63) is 71.6 Å². The van der Waals surface area contributed by atoms with E-state index in [1.165, 1.54) is 13.0 Å². The molecule has 2 rings (SSSR count). The maximum Gasteiger partial charge on any atom is 0.251 e. The number of carbonyl (C=O) groups is 3. The number of nitrogens with one attached hydrogen (secondary N) is 1. The molecule has 1 aromatic carbocycles. The van der Waals surface area contributed by atoms with Gasteiger partial charge in [0.2, 0.25) is 5.91 Å². The van der Waals surface area contributed by atoms with E-state index in [0.717, 1.165) is 12.0 Å². The largest absolute Gasteiger partial charge is 0.339 e. The van der Waals surface area contributed by atoms with Crippen LogP contribution in [-0.4, -0.2) is 40.6 Å². The Hall–Kier alpha value is -3.28. The quantitative estimate of drug-likeness (QED) is 0.564. The summed E-state index contributed by atoms with van der Waals surface area (Å²) in [5.41, 5.74) is 2.57. The van der Waals surface area contributed by atoms with Crippen LogP contribution in [0.4, 0.5) is 5.69 Å². The van der Waals surface area contributed by atoms with Crippen molar-refractivity contribution < 1.29 is 14.4 Å². The van der Waals surface area contributed by atoms with Gasteiger partial charge in [-0.2, -0.15) is 0 Å². The van der Waals surface area contributed by atoms with Gasteiger partial charge in [0.15, 0.2) is 5.78 Å². The van der Waals surface area contributed by atoms with E-state index in [4.69, 9.17) is 0 Å². The van der Waals surface area contributed by atoms with E-state index in [1.807, 2.05) is 19.1 Å². The fraction of sp³-hybridized carbons (Fsp3) is 0.273. The molecule has 2 aromatic rings. The van der Waals surface area contributed by atoms with Crippen molar-refractivity contribution >= 4 is 23.3 Å². The highest BCUT2D eigenvalue weighted by Crippen LogP contribution is 2.11. The Morgan fingerprint density at radius 3 is 2.25 bits per heavy atom. The van der Waals surface area contributed by atoms with E-state index >= 15 is 0 Å². The smallest absolute Gasteiger partial charge is 0.251 e. The summed E-state index contributed by atoms with van der Waals surface area (Å²) in [7, 11) is 0. The van der Waals surface area contributed by atoms with Gasteiger partial charge in [0.25, 0.3) is 5.91 Å². The van der Waals surface area contributed by atoms with Crippen LogP contribution in [0.25, 0.3) is 0 Å². The highest BCUT2D eigenvalue weighted by molar-refractivity contribution is 6.07. The highest BCUT2D eigenvalue weighted by atomic mass is 16.2. The molecule has 6 nitrogen and oxygen atoms in total. The fourth-order valence-corrected chi connectivity index (χ4v) is 2.60. The standard InChI is InChI=1S/C22H25N3O3/c1-4-25(14-11-18-9-12-23-13-10-18)21(27)15-16(2)22(28)24-20-7-5-19(6-8-20)17(3)26/h5-10,12-13,15H,4,11,14H2,1-3H3,(H,24,28)/b16-15-. The second kappa shape index (κ2) is 10.2. The van der Waals surface area contributed by atoms with Crippen molar-refractivity contribution in [1.29, 1.82) is 0 Å². The first-order valence-electron chi connectivity index (χ1n) is 9.19. The lowest BCUT2D eigenvalue weighted by molar-refractivity contribution is -0.126. The van der Waals surface area contributed by atoms with Crippen molar-refractivity contribution in [3.8, 4) is 0 Å². The maximum atomic E-state index is 12.5. The topological polar surface area (TPSA) is 79.4 Å². The summed E-state index contributed by atoms with van der Waals surface area (Å²) in [5, 5.41) is 2.73. The predicted octanol–water partition coefficient (Wildman–Crippen LogP) is 3.26. The van der Waals surface area contributed by atoms with Crippen LogP contribution in [0.3, 0.4) is 0 Å². The molecule has 0 aliphatic heterocycles. The minimum atomic E-state index is -0.353. The number of hydrogen-bond acceptors (Lipinski definition) is 4. The van der Waals surface area contributed by atoms with Crippen molar-refractivity contribution in [1.82, 2.24) is 9.88 Å². The van der Waals surface area contributed by atoms with Crippen LogP contribution >= 0.6 is 0 Å². The van der Waals surface area contributed by atoms with E-state index in [-0.39, 0.29) is 17.6 Å². The average Bonchev–Trinajstić information content (AvgIpc) is 2.69. The Morgan fingerprint density at radius 1 is 1.04 bits per heavy atom. The van der Waals surface area contributed by atoms with Crippen LogP contribution in [0.1, 0.15) is 36.7 Å². The molecule has 6 heteroatoms. The van der Waals surface area contributed by atoms with Crippen LogP contribution in [0, 0.1) is 0 Å². The second-order valence-electron chi connectivity index (χ2n) is 6.44. The molecule has 0 spiro atoms. The fourth-order valence-electron chi connectivity index (χ4n) is 2.60. The molecule has 0 aliphatic rings. The summed E-state index contributed by atoms with van der Waals surface area (Å²) >= 11 is 0. The lowest BCUT2D eigenvalue weighted by atomic mass is 10.1. The minimum Gasteiger partial charge on any atom is -0.339 e. The predicted molar refractivity (Wildman–Crippen MR) is 109 cm³/mol. The third kappa shape index (κ3) is 6.16. The number of benzene rings is 1. The van der Waals surface area contributed by atoms with Crippen molar-refractivity contribution in [2.24, 2.45) is 0 Å². The van der Waals surface area contributed by atoms with Gasteiger partial charge in [-0.05, 0) is 69.2 Å². The number of amides is 2. The zero-order chi connectivity index (χ0) is 20.5. The Kier molecular flexibility index (Phi) is 7.63. The molecule has 0 atom stereocenters. The number of nitrogens with zero attached hydrogens (tertiary/aromatic N) is 2. The maximum absolute atomic E-state index is 12.5. The molecule has 2 amide bonds. The molecule has 0 saturated heterocycles. The number of aromatic nitrogens is 1. The molecular weight excluding hydrogens is 354 g/mol. The lowest BCUT2D eigenvalue weighted by Gasteiger charge is -2.19. The molecule has 0 bridgehead atoms. The summed E-state index contributed by atoms with van der Waals surface area (Å²) in [6, 6.07) is 10.5. The van der Waals surface area contributed by atoms with Crippen molar-refractivity contribution in [2.75, 3.05) is 18.4 Å². The summed E-state index contributed by atoms with van der Waals surface area (Å²) < 4.78 is 0. The van der Waals surface area contributed by atoms with Crippen LogP contribution in [0.5, 0.6) is 0 Å². The van der Waals surface area contributed by atoms with E-state index in [2.05, 4.69) is 10.3 Å². The van der Waals surface area contributed by atoms with Crippen LogP contribution in [0.2, 0.25) is 0 Å². The molecule has 0 saturated carbocycles. The SMILES string of the molecule is CCN(CCc1ccncc1)C(=O)/C=C(/C)C(=O)Nc1ccc(C(C)=O)cc1. The summed E-state index contributed by atoms with van der Waals surface area (Å²) in [6.45, 7) is 6.12. The normalized spacial score (nSPS) is 11.0. The summed E-state index contributed by atoms with van der Waals surface area (Å²) in [6.07, 6.45) is 5.54. The van der Waals surface area contributed by atoms with E-state index < -0.39 is 0 Å². The zero-order valence-electron chi connectivity index (χ0n) is 16.4. The molecule has 0 unspecified atom stereocenters. The molecule has 146 valence electrons. The molecule has 1 heterocycles. The van der Waals surface area contributed by atoms with Crippen LogP contribution in [0.15, 0.2) is 60.4 Å². The van der Waals surface area contributed by atoms with Gasteiger partial charge in [-0.25, -0.2) is 0 Å². The third-order valence-corrected chi connectivity index (χ3v) is 4.36. The molecule has 1 N–H and O–H groups in total. The first-order chi connectivity index (χ1) is 13.4. The van der Waals surface area contributed by atoms with Gasteiger partial charge < -0.3 is 10.2 Å². The number of rotatable bonds is 8. The first-order valence-corrected chi connectivity index (χ1v) is 9.19. The minimum absolute atomic E-state index is 0.0361. The van der Waals surface area contributed by atoms with Gasteiger partial charge in [0.1, 0.15) is 0 Å². The van der Waals surface area contributed by atoms with Gasteiger partial charge >= 0.3 is 0 Å². The molecular formula is C22H25N3O3. The average molecular weight is 379 g/mol. The van der Waals surface area contributed by atoms with Crippen LogP contribution in [-0.2, 0) is 16.0 Å². The number of pyridine rings is 1. The van der Waals surface area contributed by atoms with Gasteiger partial charge in [0.05, 0.1) is 0 Å². The molecule has 0 radical (unpaired) electrons. The van der Waals surface area contributed by atoms with Crippen molar-refractivity contribution in [2.45, 2.75) is 27.2 Å². The lowest BCUT2D eigenvalue weighted by Crippen LogP contribution is -2.32.